The fraction of sp³-hybridized carbons (Fsp3) is 0.136. The number of fused-ring (bicyclic) bond motifs is 1. The fourth-order valence-corrected chi connectivity index (χ4v) is 3.30. The van der Waals surface area contributed by atoms with Crippen molar-refractivity contribution in [1.82, 2.24) is 9.38 Å². The highest BCUT2D eigenvalue weighted by Crippen LogP contribution is 2.38. The van der Waals surface area contributed by atoms with Crippen LogP contribution in [0.3, 0.4) is 0 Å². The van der Waals surface area contributed by atoms with Gasteiger partial charge in [-0.05, 0) is 55.0 Å². The molecule has 0 aliphatic heterocycles. The summed E-state index contributed by atoms with van der Waals surface area (Å²) in [6.07, 6.45) is 0.764. The van der Waals surface area contributed by atoms with Crippen molar-refractivity contribution in [2.45, 2.75) is 13.3 Å². The van der Waals surface area contributed by atoms with Gasteiger partial charge in [0.2, 0.25) is 0 Å². The molecule has 0 atom stereocenters. The Morgan fingerprint density at radius 3 is 2.46 bits per heavy atom. The maximum Gasteiger partial charge on any atom is 0.143 e. The Kier molecular flexibility index (Phi) is 4.69. The first-order valence-electron chi connectivity index (χ1n) is 8.98. The molecule has 0 fully saturated rings. The van der Waals surface area contributed by atoms with E-state index in [0.29, 0.717) is 28.6 Å². The number of methoxy groups -OCH3 is 1. The van der Waals surface area contributed by atoms with E-state index in [4.69, 9.17) is 4.74 Å². The third kappa shape index (κ3) is 3.07. The van der Waals surface area contributed by atoms with E-state index in [1.807, 2.05) is 29.5 Å². The minimum Gasteiger partial charge on any atom is -0.496 e. The minimum absolute atomic E-state index is 0.278. The van der Waals surface area contributed by atoms with Crippen LogP contribution in [0.5, 0.6) is 5.75 Å². The summed E-state index contributed by atoms with van der Waals surface area (Å²) in [5, 5.41) is 3.29. The van der Waals surface area contributed by atoms with Crippen LogP contribution in [-0.4, -0.2) is 16.5 Å². The first-order chi connectivity index (χ1) is 13.6. The van der Waals surface area contributed by atoms with E-state index >= 15 is 0 Å². The summed E-state index contributed by atoms with van der Waals surface area (Å²) >= 11 is 0. The topological polar surface area (TPSA) is 38.6 Å². The van der Waals surface area contributed by atoms with Crippen LogP contribution >= 0.6 is 0 Å². The summed E-state index contributed by atoms with van der Waals surface area (Å²) < 4.78 is 35.5. The molecule has 0 amide bonds. The predicted molar refractivity (Wildman–Crippen MR) is 106 cm³/mol. The summed E-state index contributed by atoms with van der Waals surface area (Å²) in [6, 6.07) is 16.5. The number of nitrogens with zero attached hydrogens (tertiary/aromatic N) is 2. The van der Waals surface area contributed by atoms with E-state index in [1.54, 1.807) is 24.3 Å². The number of benzene rings is 2. The number of hydrogen-bond acceptors (Lipinski definition) is 3. The average Bonchev–Trinajstić information content (AvgIpc) is 3.07. The zero-order valence-corrected chi connectivity index (χ0v) is 15.5. The summed E-state index contributed by atoms with van der Waals surface area (Å²) in [6.45, 7) is 2.04. The minimum atomic E-state index is -0.428. The largest absolute Gasteiger partial charge is 0.496 e. The van der Waals surface area contributed by atoms with Crippen molar-refractivity contribution in [3.63, 3.8) is 0 Å². The van der Waals surface area contributed by atoms with Crippen LogP contribution in [0.1, 0.15) is 12.6 Å². The SMILES string of the molecule is CCc1cccc2nc(-c3c(F)cccc3OC)c(Nc3ccc(F)cc3)n12. The van der Waals surface area contributed by atoms with Crippen molar-refractivity contribution in [3.05, 3.63) is 78.0 Å². The Balaban J connectivity index is 2.00. The number of anilines is 2. The summed E-state index contributed by atoms with van der Waals surface area (Å²) in [5.41, 5.74) is 3.08. The molecule has 0 radical (unpaired) electrons. The van der Waals surface area contributed by atoms with Crippen LogP contribution < -0.4 is 10.1 Å². The molecule has 2 heterocycles. The fourth-order valence-electron chi connectivity index (χ4n) is 3.30. The highest BCUT2D eigenvalue weighted by Gasteiger charge is 2.22. The number of aryl methyl sites for hydroxylation is 1. The summed E-state index contributed by atoms with van der Waals surface area (Å²) in [4.78, 5) is 4.68. The molecule has 1 N–H and O–H groups in total. The third-order valence-electron chi connectivity index (χ3n) is 4.63. The first-order valence-corrected chi connectivity index (χ1v) is 8.98. The van der Waals surface area contributed by atoms with Gasteiger partial charge in [-0.1, -0.05) is 19.1 Å². The highest BCUT2D eigenvalue weighted by atomic mass is 19.1. The molecule has 2 aromatic carbocycles. The Bertz CT molecular complexity index is 1140. The van der Waals surface area contributed by atoms with Gasteiger partial charge in [0.1, 0.15) is 34.5 Å². The number of imidazole rings is 1. The van der Waals surface area contributed by atoms with Crippen molar-refractivity contribution in [1.29, 1.82) is 0 Å². The van der Waals surface area contributed by atoms with Gasteiger partial charge in [-0.3, -0.25) is 4.40 Å². The molecule has 28 heavy (non-hydrogen) atoms. The van der Waals surface area contributed by atoms with E-state index in [0.717, 1.165) is 12.1 Å². The van der Waals surface area contributed by atoms with E-state index in [9.17, 15) is 8.78 Å². The number of aromatic nitrogens is 2. The van der Waals surface area contributed by atoms with Gasteiger partial charge >= 0.3 is 0 Å². The number of pyridine rings is 1. The molecule has 0 saturated carbocycles. The van der Waals surface area contributed by atoms with Crippen molar-refractivity contribution >= 4 is 17.2 Å². The first kappa shape index (κ1) is 18.0. The molecule has 0 aliphatic carbocycles. The zero-order valence-electron chi connectivity index (χ0n) is 15.5. The number of halogens is 2. The van der Waals surface area contributed by atoms with Gasteiger partial charge in [0, 0.05) is 11.4 Å². The van der Waals surface area contributed by atoms with E-state index in [2.05, 4.69) is 10.3 Å². The zero-order chi connectivity index (χ0) is 19.7. The Labute approximate surface area is 161 Å². The second kappa shape index (κ2) is 7.31. The van der Waals surface area contributed by atoms with Gasteiger partial charge in [-0.2, -0.15) is 0 Å². The smallest absolute Gasteiger partial charge is 0.143 e. The molecule has 0 aliphatic rings. The lowest BCUT2D eigenvalue weighted by Crippen LogP contribution is -2.02. The molecule has 142 valence electrons. The Morgan fingerprint density at radius 2 is 1.75 bits per heavy atom. The van der Waals surface area contributed by atoms with Gasteiger partial charge in [-0.25, -0.2) is 13.8 Å². The van der Waals surface area contributed by atoms with Crippen LogP contribution in [0.15, 0.2) is 60.7 Å². The molecule has 2 aromatic heterocycles. The lowest BCUT2D eigenvalue weighted by Gasteiger charge is -2.13. The lowest BCUT2D eigenvalue weighted by atomic mass is 10.1. The maximum atomic E-state index is 14.8. The van der Waals surface area contributed by atoms with E-state index < -0.39 is 5.82 Å². The summed E-state index contributed by atoms with van der Waals surface area (Å²) in [7, 11) is 1.50. The van der Waals surface area contributed by atoms with Crippen molar-refractivity contribution in [2.24, 2.45) is 0 Å². The number of nitrogens with one attached hydrogen (secondary N) is 1. The molecular formula is C22H19F2N3O. The van der Waals surface area contributed by atoms with Gasteiger partial charge in [0.25, 0.3) is 0 Å². The highest BCUT2D eigenvalue weighted by molar-refractivity contribution is 5.83. The quantitative estimate of drug-likeness (QED) is 0.491. The van der Waals surface area contributed by atoms with Gasteiger partial charge in [0.15, 0.2) is 0 Å². The van der Waals surface area contributed by atoms with Crippen LogP contribution in [0.2, 0.25) is 0 Å². The summed E-state index contributed by atoms with van der Waals surface area (Å²) in [5.74, 6) is 0.239. The van der Waals surface area contributed by atoms with Crippen molar-refractivity contribution < 1.29 is 13.5 Å². The number of hydrogen-bond donors (Lipinski definition) is 1. The number of ether oxygens (including phenoxy) is 1. The molecule has 4 aromatic rings. The third-order valence-corrected chi connectivity index (χ3v) is 4.63. The number of rotatable bonds is 5. The standard InChI is InChI=1S/C22H19F2N3O/c1-3-16-6-4-9-19-26-21(20-17(24)7-5-8-18(20)28-2)22(27(16)19)25-15-12-10-14(23)11-13-15/h4-13,25H,3H2,1-2H3. The molecule has 0 bridgehead atoms. The second-order valence-corrected chi connectivity index (χ2v) is 6.32. The second-order valence-electron chi connectivity index (χ2n) is 6.32. The lowest BCUT2D eigenvalue weighted by molar-refractivity contribution is 0.413. The molecule has 0 spiro atoms. The average molecular weight is 379 g/mol. The van der Waals surface area contributed by atoms with Gasteiger partial charge < -0.3 is 10.1 Å². The molecular weight excluding hydrogens is 360 g/mol. The van der Waals surface area contributed by atoms with Crippen LogP contribution in [0.25, 0.3) is 16.9 Å². The molecule has 0 unspecified atom stereocenters. The van der Waals surface area contributed by atoms with Crippen LogP contribution in [-0.2, 0) is 6.42 Å². The van der Waals surface area contributed by atoms with E-state index in [1.165, 1.54) is 25.3 Å². The maximum absolute atomic E-state index is 14.8. The van der Waals surface area contributed by atoms with E-state index in [-0.39, 0.29) is 11.4 Å². The predicted octanol–water partition coefficient (Wildman–Crippen LogP) is 5.59. The molecule has 6 heteroatoms. The molecule has 4 rings (SSSR count). The normalized spacial score (nSPS) is 11.0. The van der Waals surface area contributed by atoms with Crippen molar-refractivity contribution in [2.75, 3.05) is 12.4 Å². The van der Waals surface area contributed by atoms with Crippen LogP contribution in [0.4, 0.5) is 20.3 Å². The Morgan fingerprint density at radius 1 is 1.00 bits per heavy atom. The Hall–Kier alpha value is -3.41. The van der Waals surface area contributed by atoms with Gasteiger partial charge in [0.05, 0.1) is 12.7 Å². The monoisotopic (exact) mass is 379 g/mol. The molecule has 4 nitrogen and oxygen atoms in total. The molecule has 0 saturated heterocycles. The van der Waals surface area contributed by atoms with Gasteiger partial charge in [-0.15, -0.1) is 0 Å². The van der Waals surface area contributed by atoms with Crippen LogP contribution in [0, 0.1) is 11.6 Å². The van der Waals surface area contributed by atoms with Crippen molar-refractivity contribution in [3.8, 4) is 17.0 Å².